The highest BCUT2D eigenvalue weighted by Crippen LogP contribution is 2.29. The van der Waals surface area contributed by atoms with E-state index in [2.05, 4.69) is 42.6 Å². The predicted octanol–water partition coefficient (Wildman–Crippen LogP) is 13.2. The predicted molar refractivity (Wildman–Crippen MR) is 383 cm³/mol. The second-order valence-corrected chi connectivity index (χ2v) is 22.9. The lowest BCUT2D eigenvalue weighted by Gasteiger charge is -2.18. The number of carboxylic acids is 2. The third kappa shape index (κ3) is 18.9. The van der Waals surface area contributed by atoms with Gasteiger partial charge in [0, 0.05) is 68.7 Å². The Morgan fingerprint density at radius 1 is 0.490 bits per heavy atom. The number of ketones is 2. The van der Waals surface area contributed by atoms with Gasteiger partial charge < -0.3 is 64.3 Å². The molecule has 2 amide bonds. The molecule has 14 rings (SSSR count). The van der Waals surface area contributed by atoms with Gasteiger partial charge in [0.1, 0.15) is 17.1 Å². The van der Waals surface area contributed by atoms with Crippen LogP contribution in [-0.4, -0.2) is 124 Å². The summed E-state index contributed by atoms with van der Waals surface area (Å²) in [5, 5.41) is 44.6. The largest absolute Gasteiger partial charge is 0.478 e. The highest BCUT2D eigenvalue weighted by molar-refractivity contribution is 6.51. The average molecular weight is 1350 g/mol. The summed E-state index contributed by atoms with van der Waals surface area (Å²) < 4.78 is 20.7. The van der Waals surface area contributed by atoms with E-state index in [1.54, 1.807) is 115 Å². The number of para-hydroxylation sites is 4. The number of nitrogens with one attached hydrogen (secondary N) is 2. The van der Waals surface area contributed by atoms with E-state index in [0.717, 1.165) is 28.6 Å². The summed E-state index contributed by atoms with van der Waals surface area (Å²) in [5.41, 5.74) is 15.8. The van der Waals surface area contributed by atoms with Crippen molar-refractivity contribution in [1.82, 2.24) is 20.3 Å². The van der Waals surface area contributed by atoms with Crippen molar-refractivity contribution in [3.05, 3.63) is 277 Å². The zero-order chi connectivity index (χ0) is 71.2. The molecule has 0 spiro atoms. The third-order valence-corrected chi connectivity index (χ3v) is 15.3. The molecule has 6 aromatic carbocycles. The molecule has 22 nitrogen and oxygen atoms in total. The number of nitrogens with zero attached hydrogens (tertiary/aromatic N) is 5. The first-order chi connectivity index (χ1) is 48.3. The maximum Gasteiger partial charge on any atom is 0.336 e. The van der Waals surface area contributed by atoms with Gasteiger partial charge in [-0.05, 0) is 145 Å². The maximum absolute atomic E-state index is 13.2. The van der Waals surface area contributed by atoms with E-state index >= 15 is 0 Å². The fourth-order valence-electron chi connectivity index (χ4n) is 10.2. The Labute approximate surface area is 574 Å². The van der Waals surface area contributed by atoms with Crippen molar-refractivity contribution in [2.24, 2.45) is 5.73 Å². The van der Waals surface area contributed by atoms with E-state index in [0.29, 0.717) is 90.7 Å². The number of hydrogen-bond acceptors (Lipinski definition) is 18. The molecule has 0 fully saturated rings. The first kappa shape index (κ1) is 71.7. The fraction of sp³-hybridized carbons (Fsp3) is 0.141. The Morgan fingerprint density at radius 2 is 0.890 bits per heavy atom. The Bertz CT molecular complexity index is 4760. The van der Waals surface area contributed by atoms with Crippen molar-refractivity contribution in [3.63, 3.8) is 0 Å². The van der Waals surface area contributed by atoms with Gasteiger partial charge in [0.2, 0.25) is 0 Å². The molecule has 8 N–H and O–H groups in total. The first-order valence-corrected chi connectivity index (χ1v) is 31.4. The molecule has 13 aromatic rings. The number of Topliss-reactive ketones (excluding diaryl/α,β-unsaturated/α-hetero) is 2. The summed E-state index contributed by atoms with van der Waals surface area (Å²) in [6.07, 6.45) is 7.39. The van der Waals surface area contributed by atoms with Gasteiger partial charge in [0.25, 0.3) is 17.6 Å². The van der Waals surface area contributed by atoms with Gasteiger partial charge in [-0.15, -0.1) is 0 Å². The number of furan rings is 4. The van der Waals surface area contributed by atoms with Crippen LogP contribution in [0.2, 0.25) is 0 Å². The molecule has 0 saturated carbocycles. The van der Waals surface area contributed by atoms with E-state index in [1.165, 1.54) is 43.5 Å². The highest BCUT2D eigenvalue weighted by atomic mass is 16.4. The number of fused-ring (bicyclic) bond motifs is 4. The number of aliphatic hydroxyl groups is 2. The van der Waals surface area contributed by atoms with Crippen LogP contribution < -0.4 is 26.2 Å². The zero-order valence-corrected chi connectivity index (χ0v) is 55.2. The molecule has 0 aliphatic carbocycles. The Balaban J connectivity index is 0.000000147. The van der Waals surface area contributed by atoms with Crippen LogP contribution in [0.15, 0.2) is 255 Å². The molecule has 1 aliphatic heterocycles. The number of carbonyl (C=O) groups is 6. The fourth-order valence-corrected chi connectivity index (χ4v) is 10.2. The molecule has 0 radical (unpaired) electrons. The summed E-state index contributed by atoms with van der Waals surface area (Å²) in [4.78, 5) is 85.4. The normalized spacial score (nSPS) is 11.6. The first-order valence-electron chi connectivity index (χ1n) is 31.4. The van der Waals surface area contributed by atoms with Crippen molar-refractivity contribution >= 4 is 85.1 Å². The lowest BCUT2D eigenvalue weighted by atomic mass is 10.0. The summed E-state index contributed by atoms with van der Waals surface area (Å²) in [5.74, 6) is -1.07. The number of aromatic carboxylic acids is 2. The maximum atomic E-state index is 13.2. The molecule has 2 atom stereocenters. The van der Waals surface area contributed by atoms with Gasteiger partial charge in [0.15, 0.2) is 28.8 Å². The minimum atomic E-state index is -0.971. The van der Waals surface area contributed by atoms with Crippen molar-refractivity contribution < 1.29 is 66.9 Å². The molecule has 22 heteroatoms. The molecule has 1 aliphatic rings. The standard InChI is InChI=1S/C25H25N3O3.2C14H9NO3.C11H18N2O.C8H5NO2.C6H6O2/c1-28(2)19-11-9-17(10-12-19)14-18(16-29)26-25(30)21-15-23(24-8-5-13-31-24)27-22-7-4-3-6-20(21)22;2*16-14(17)10-8-12(13-6-3-7-18-13)15-11-5-2-1-4-9(10)11;1-13(2)11-5-3-9(4-6-11)7-10(12)8-14;10-7-5-3-1-2-4-6(5)9-8(7)11;1-5(7)6-3-2-4-8-6/h3-13,15,18,29H,14,16H2,1-2H3,(H,26,30);2*1-8H,(H,16,17);3-6,10,14H,7-8,12H2,1-2H3;1-4H,(H,9,10,11);2-4H,1H3. The minimum absolute atomic E-state index is 0.0324. The lowest BCUT2D eigenvalue weighted by Crippen LogP contribution is -2.39. The van der Waals surface area contributed by atoms with Crippen LogP contribution in [0.3, 0.4) is 0 Å². The number of nitrogens with two attached hydrogens (primary N) is 1. The molecule has 100 heavy (non-hydrogen) atoms. The Hall–Kier alpha value is -12.6. The number of amides is 2. The average Bonchev–Trinajstić information content (AvgIpc) is 0.864. The second-order valence-electron chi connectivity index (χ2n) is 22.9. The molecular formula is C78H72N8O14. The minimum Gasteiger partial charge on any atom is -0.478 e. The summed E-state index contributed by atoms with van der Waals surface area (Å²) >= 11 is 0. The van der Waals surface area contributed by atoms with Crippen LogP contribution in [0.5, 0.6) is 0 Å². The van der Waals surface area contributed by atoms with Crippen LogP contribution in [0.25, 0.3) is 67.1 Å². The number of benzene rings is 6. The molecular weight excluding hydrogens is 1270 g/mol. The number of hydrogen-bond donors (Lipinski definition) is 7. The smallest absolute Gasteiger partial charge is 0.336 e. The van der Waals surface area contributed by atoms with Crippen molar-refractivity contribution in [3.8, 4) is 34.4 Å². The molecule has 8 heterocycles. The van der Waals surface area contributed by atoms with Crippen molar-refractivity contribution in [2.75, 3.05) is 56.5 Å². The summed E-state index contributed by atoms with van der Waals surface area (Å²) in [7, 11) is 7.99. The number of carbonyl (C=O) groups excluding carboxylic acids is 4. The Kier molecular flexibility index (Phi) is 24.6. The molecule has 0 saturated heterocycles. The monoisotopic (exact) mass is 1340 g/mol. The molecule has 508 valence electrons. The zero-order valence-electron chi connectivity index (χ0n) is 55.2. The highest BCUT2D eigenvalue weighted by Gasteiger charge is 2.27. The van der Waals surface area contributed by atoms with Gasteiger partial charge in [-0.2, -0.15) is 0 Å². The SMILES string of the molecule is CC(=O)c1ccco1.CN(C)c1ccc(CC(CO)NC(=O)c2cc(-c3ccco3)nc3ccccc23)cc1.CN(C)c1ccc(CC(N)CO)cc1.O=C(O)c1cc(-c2ccco2)nc2ccccc12.O=C(O)c1cc(-c2ccco2)nc2ccccc12.O=C1Nc2ccccc2C1=O. The lowest BCUT2D eigenvalue weighted by molar-refractivity contribution is -0.112. The van der Waals surface area contributed by atoms with E-state index in [4.69, 9.17) is 28.5 Å². The van der Waals surface area contributed by atoms with Crippen LogP contribution in [-0.2, 0) is 17.6 Å². The van der Waals surface area contributed by atoms with E-state index < -0.39 is 29.7 Å². The van der Waals surface area contributed by atoms with Crippen LogP contribution in [0.4, 0.5) is 17.1 Å². The summed E-state index contributed by atoms with van der Waals surface area (Å²) in [6, 6.07) is 63.1. The van der Waals surface area contributed by atoms with E-state index in [9.17, 15) is 44.1 Å². The topological polar surface area (TPSA) is 331 Å². The molecule has 7 aromatic heterocycles. The van der Waals surface area contributed by atoms with Crippen LogP contribution in [0, 0.1) is 0 Å². The van der Waals surface area contributed by atoms with Gasteiger partial charge in [-0.3, -0.25) is 19.2 Å². The van der Waals surface area contributed by atoms with Gasteiger partial charge in [-0.25, -0.2) is 24.5 Å². The van der Waals surface area contributed by atoms with Crippen molar-refractivity contribution in [1.29, 1.82) is 0 Å². The van der Waals surface area contributed by atoms with Gasteiger partial charge in [0.05, 0.1) is 88.8 Å². The van der Waals surface area contributed by atoms with Crippen LogP contribution >= 0.6 is 0 Å². The number of aliphatic hydroxyl groups excluding tert-OH is 2. The molecule has 2 unspecified atom stereocenters. The number of pyridine rings is 3. The number of aromatic nitrogens is 3. The van der Waals surface area contributed by atoms with Gasteiger partial charge >= 0.3 is 11.9 Å². The third-order valence-electron chi connectivity index (χ3n) is 15.3. The summed E-state index contributed by atoms with van der Waals surface area (Å²) in [6.45, 7) is 1.35. The van der Waals surface area contributed by atoms with E-state index in [1.807, 2.05) is 112 Å². The second kappa shape index (κ2) is 34.4. The number of anilines is 3. The Morgan fingerprint density at radius 3 is 1.26 bits per heavy atom. The van der Waals surface area contributed by atoms with Crippen molar-refractivity contribution in [2.45, 2.75) is 31.8 Å². The van der Waals surface area contributed by atoms with E-state index in [-0.39, 0.29) is 42.1 Å². The van der Waals surface area contributed by atoms with Gasteiger partial charge in [-0.1, -0.05) is 91.0 Å². The number of carboxylic acid groups (broad SMARTS) is 2. The molecule has 0 bridgehead atoms. The quantitative estimate of drug-likeness (QED) is 0.0349. The van der Waals surface area contributed by atoms with Crippen LogP contribution in [0.1, 0.15) is 70.0 Å². The number of rotatable bonds is 16.